The normalized spacial score (nSPS) is 18.4. The number of aromatic nitrogens is 4. The molecule has 0 amide bonds. The van der Waals surface area contributed by atoms with E-state index in [9.17, 15) is 0 Å². The van der Waals surface area contributed by atoms with E-state index in [0.717, 1.165) is 34.8 Å². The van der Waals surface area contributed by atoms with Crippen LogP contribution in [0.4, 0.5) is 0 Å². The summed E-state index contributed by atoms with van der Waals surface area (Å²) >= 11 is 6.17. The van der Waals surface area contributed by atoms with E-state index in [1.54, 1.807) is 6.20 Å². The highest BCUT2D eigenvalue weighted by Gasteiger charge is 2.40. The number of nitrogens with zero attached hydrogens (tertiary/aromatic N) is 4. The van der Waals surface area contributed by atoms with Crippen molar-refractivity contribution in [2.24, 2.45) is 5.41 Å². The Morgan fingerprint density at radius 1 is 1.24 bits per heavy atom. The van der Waals surface area contributed by atoms with Crippen molar-refractivity contribution >= 4 is 11.6 Å². The number of rotatable bonds is 2. The van der Waals surface area contributed by atoms with Crippen LogP contribution < -0.4 is 0 Å². The number of halogens is 1. The zero-order valence-electron chi connectivity index (χ0n) is 14.9. The Labute approximate surface area is 152 Å². The molecule has 5 heteroatoms. The number of fused-ring (bicyclic) bond motifs is 1. The molecular formula is C20H21ClN4. The first-order chi connectivity index (χ1) is 11.9. The standard InChI is InChI=1S/C20H21ClN4/c1-12-6-5-7-15(23-12)18-17(14-8-9-22-16(21)10-14)19-13(2)20(3,4)11-25(19)24-18/h5-10,13H,11H2,1-4H3. The second-order valence-corrected chi connectivity index (χ2v) is 7.90. The molecule has 1 atom stereocenters. The van der Waals surface area contributed by atoms with E-state index in [2.05, 4.69) is 30.4 Å². The summed E-state index contributed by atoms with van der Waals surface area (Å²) in [4.78, 5) is 8.83. The lowest BCUT2D eigenvalue weighted by molar-refractivity contribution is 0.301. The molecule has 25 heavy (non-hydrogen) atoms. The molecule has 1 unspecified atom stereocenters. The van der Waals surface area contributed by atoms with Gasteiger partial charge in [-0.2, -0.15) is 5.10 Å². The smallest absolute Gasteiger partial charge is 0.129 e. The van der Waals surface area contributed by atoms with Gasteiger partial charge in [-0.3, -0.25) is 9.67 Å². The van der Waals surface area contributed by atoms with Crippen LogP contribution in [0.15, 0.2) is 36.5 Å². The van der Waals surface area contributed by atoms with E-state index in [4.69, 9.17) is 21.7 Å². The summed E-state index contributed by atoms with van der Waals surface area (Å²) in [7, 11) is 0. The minimum absolute atomic E-state index is 0.173. The van der Waals surface area contributed by atoms with Gasteiger partial charge in [-0.25, -0.2) is 4.98 Å². The second kappa shape index (κ2) is 5.67. The van der Waals surface area contributed by atoms with Gasteiger partial charge in [-0.15, -0.1) is 0 Å². The third-order valence-electron chi connectivity index (χ3n) is 5.28. The first kappa shape index (κ1) is 16.3. The highest BCUT2D eigenvalue weighted by atomic mass is 35.5. The average Bonchev–Trinajstić information content (AvgIpc) is 3.01. The first-order valence-corrected chi connectivity index (χ1v) is 8.91. The molecule has 1 aliphatic rings. The fourth-order valence-electron chi connectivity index (χ4n) is 3.63. The molecule has 3 aromatic heterocycles. The molecule has 0 spiro atoms. The summed E-state index contributed by atoms with van der Waals surface area (Å²) in [5.74, 6) is 0.389. The number of hydrogen-bond acceptors (Lipinski definition) is 3. The molecule has 0 bridgehead atoms. The largest absolute Gasteiger partial charge is 0.267 e. The summed E-state index contributed by atoms with van der Waals surface area (Å²) in [6.45, 7) is 9.77. The van der Waals surface area contributed by atoms with Gasteiger partial charge in [0.2, 0.25) is 0 Å². The molecule has 1 aliphatic heterocycles. The van der Waals surface area contributed by atoms with Crippen molar-refractivity contribution in [3.05, 3.63) is 53.1 Å². The van der Waals surface area contributed by atoms with Gasteiger partial charge in [0.05, 0.1) is 11.4 Å². The van der Waals surface area contributed by atoms with Crippen molar-refractivity contribution in [2.75, 3.05) is 0 Å². The minimum atomic E-state index is 0.173. The Balaban J connectivity index is 2.00. The second-order valence-electron chi connectivity index (χ2n) is 7.51. The molecule has 0 radical (unpaired) electrons. The van der Waals surface area contributed by atoms with E-state index in [1.165, 1.54) is 5.69 Å². The van der Waals surface area contributed by atoms with Crippen LogP contribution in [-0.4, -0.2) is 19.7 Å². The molecule has 4 nitrogen and oxygen atoms in total. The van der Waals surface area contributed by atoms with E-state index < -0.39 is 0 Å². The predicted molar refractivity (Wildman–Crippen MR) is 101 cm³/mol. The Kier molecular flexibility index (Phi) is 3.69. The van der Waals surface area contributed by atoms with Crippen LogP contribution in [0.3, 0.4) is 0 Å². The van der Waals surface area contributed by atoms with Gasteiger partial charge in [0, 0.05) is 29.9 Å². The average molecular weight is 353 g/mol. The summed E-state index contributed by atoms with van der Waals surface area (Å²) < 4.78 is 2.15. The lowest BCUT2D eigenvalue weighted by Gasteiger charge is -2.23. The molecule has 0 saturated carbocycles. The lowest BCUT2D eigenvalue weighted by atomic mass is 9.79. The Morgan fingerprint density at radius 3 is 2.76 bits per heavy atom. The fourth-order valence-corrected chi connectivity index (χ4v) is 3.80. The lowest BCUT2D eigenvalue weighted by Crippen LogP contribution is -2.17. The van der Waals surface area contributed by atoms with Crippen LogP contribution >= 0.6 is 11.6 Å². The maximum atomic E-state index is 6.17. The van der Waals surface area contributed by atoms with E-state index >= 15 is 0 Å². The molecule has 0 saturated heterocycles. The summed E-state index contributed by atoms with van der Waals surface area (Å²) in [5.41, 5.74) is 6.40. The van der Waals surface area contributed by atoms with E-state index in [-0.39, 0.29) is 5.41 Å². The Bertz CT molecular complexity index is 958. The number of hydrogen-bond donors (Lipinski definition) is 0. The summed E-state index contributed by atoms with van der Waals surface area (Å²) in [5, 5.41) is 5.44. The van der Waals surface area contributed by atoms with E-state index in [1.807, 2.05) is 37.3 Å². The van der Waals surface area contributed by atoms with Gasteiger partial charge in [0.1, 0.15) is 10.8 Å². The highest BCUT2D eigenvalue weighted by molar-refractivity contribution is 6.29. The zero-order valence-corrected chi connectivity index (χ0v) is 15.7. The molecule has 0 fully saturated rings. The van der Waals surface area contributed by atoms with Gasteiger partial charge < -0.3 is 0 Å². The monoisotopic (exact) mass is 352 g/mol. The van der Waals surface area contributed by atoms with Crippen molar-refractivity contribution < 1.29 is 0 Å². The fraction of sp³-hybridized carbons (Fsp3) is 0.350. The molecular weight excluding hydrogens is 332 g/mol. The van der Waals surface area contributed by atoms with Crippen molar-refractivity contribution in [1.29, 1.82) is 0 Å². The number of aryl methyl sites for hydroxylation is 1. The molecule has 4 heterocycles. The molecule has 0 N–H and O–H groups in total. The third-order valence-corrected chi connectivity index (χ3v) is 5.48. The predicted octanol–water partition coefficient (Wildman–Crippen LogP) is 5.11. The van der Waals surface area contributed by atoms with Crippen molar-refractivity contribution in [1.82, 2.24) is 19.7 Å². The van der Waals surface area contributed by atoms with Crippen molar-refractivity contribution in [3.8, 4) is 22.5 Å². The SMILES string of the molecule is Cc1cccc(-c2nn3c(c2-c2ccnc(Cl)c2)C(C)C(C)(C)C3)n1. The van der Waals surface area contributed by atoms with Gasteiger partial charge in [-0.05, 0) is 42.2 Å². The van der Waals surface area contributed by atoms with Gasteiger partial charge in [0.25, 0.3) is 0 Å². The Morgan fingerprint density at radius 2 is 2.04 bits per heavy atom. The van der Waals surface area contributed by atoms with Gasteiger partial charge >= 0.3 is 0 Å². The van der Waals surface area contributed by atoms with E-state index in [0.29, 0.717) is 11.1 Å². The van der Waals surface area contributed by atoms with Gasteiger partial charge in [0.15, 0.2) is 0 Å². The third kappa shape index (κ3) is 2.65. The highest BCUT2D eigenvalue weighted by Crippen LogP contribution is 2.49. The molecule has 0 aromatic carbocycles. The minimum Gasteiger partial charge on any atom is -0.267 e. The maximum Gasteiger partial charge on any atom is 0.129 e. The van der Waals surface area contributed by atoms with Gasteiger partial charge in [-0.1, -0.05) is 38.4 Å². The van der Waals surface area contributed by atoms with Crippen LogP contribution in [0, 0.1) is 12.3 Å². The Hall–Kier alpha value is -2.20. The first-order valence-electron chi connectivity index (χ1n) is 8.53. The van der Waals surface area contributed by atoms with Crippen molar-refractivity contribution in [2.45, 2.75) is 40.2 Å². The van der Waals surface area contributed by atoms with Crippen LogP contribution in [0.1, 0.15) is 38.1 Å². The topological polar surface area (TPSA) is 43.6 Å². The maximum absolute atomic E-state index is 6.17. The summed E-state index contributed by atoms with van der Waals surface area (Å²) in [6, 6.07) is 9.96. The van der Waals surface area contributed by atoms with Crippen LogP contribution in [0.5, 0.6) is 0 Å². The van der Waals surface area contributed by atoms with Crippen molar-refractivity contribution in [3.63, 3.8) is 0 Å². The number of pyridine rings is 2. The molecule has 0 aliphatic carbocycles. The quantitative estimate of drug-likeness (QED) is 0.602. The molecule has 4 rings (SSSR count). The van der Waals surface area contributed by atoms with Crippen LogP contribution in [0.2, 0.25) is 5.15 Å². The van der Waals surface area contributed by atoms with Crippen LogP contribution in [0.25, 0.3) is 22.5 Å². The zero-order chi connectivity index (χ0) is 17.8. The van der Waals surface area contributed by atoms with Crippen LogP contribution in [-0.2, 0) is 6.54 Å². The summed E-state index contributed by atoms with van der Waals surface area (Å²) in [6.07, 6.45) is 1.75. The molecule has 3 aromatic rings. The molecule has 128 valence electrons.